The van der Waals surface area contributed by atoms with Crippen molar-refractivity contribution in [1.29, 1.82) is 0 Å². The van der Waals surface area contributed by atoms with Crippen molar-refractivity contribution in [2.45, 2.75) is 58.7 Å². The van der Waals surface area contributed by atoms with E-state index in [1.165, 1.54) is 0 Å². The molecule has 184 valence electrons. The molecule has 0 aliphatic carbocycles. The Labute approximate surface area is 209 Å². The quantitative estimate of drug-likeness (QED) is 0.363. The van der Waals surface area contributed by atoms with E-state index in [-0.39, 0.29) is 17.9 Å². The Morgan fingerprint density at radius 1 is 0.886 bits per heavy atom. The maximum absolute atomic E-state index is 13.6. The largest absolute Gasteiger partial charge is 0.494 e. The molecule has 2 amide bonds. The van der Waals surface area contributed by atoms with Crippen LogP contribution in [0.25, 0.3) is 0 Å². The number of nitrogens with zero attached hydrogens (tertiary/aromatic N) is 1. The lowest BCUT2D eigenvalue weighted by atomic mass is 10.0. The number of hydrogen-bond acceptors (Lipinski definition) is 3. The van der Waals surface area contributed by atoms with E-state index >= 15 is 0 Å². The molecule has 0 spiro atoms. The molecule has 0 bridgehead atoms. The zero-order chi connectivity index (χ0) is 25.0. The van der Waals surface area contributed by atoms with Crippen LogP contribution in [0.3, 0.4) is 0 Å². The van der Waals surface area contributed by atoms with Crippen molar-refractivity contribution in [3.05, 3.63) is 102 Å². The summed E-state index contributed by atoms with van der Waals surface area (Å²) in [5, 5.41) is 3.03. The summed E-state index contributed by atoms with van der Waals surface area (Å²) in [6, 6.07) is 26.8. The van der Waals surface area contributed by atoms with Gasteiger partial charge < -0.3 is 15.0 Å². The lowest BCUT2D eigenvalue weighted by molar-refractivity contribution is -0.141. The Kier molecular flexibility index (Phi) is 9.91. The summed E-state index contributed by atoms with van der Waals surface area (Å²) >= 11 is 0. The maximum Gasteiger partial charge on any atom is 0.243 e. The molecule has 1 N–H and O–H groups in total. The molecule has 1 atom stereocenters. The summed E-state index contributed by atoms with van der Waals surface area (Å²) in [4.78, 5) is 28.7. The van der Waals surface area contributed by atoms with Crippen LogP contribution in [-0.4, -0.2) is 35.4 Å². The van der Waals surface area contributed by atoms with Crippen molar-refractivity contribution in [3.63, 3.8) is 0 Å². The van der Waals surface area contributed by atoms with E-state index in [9.17, 15) is 9.59 Å². The molecule has 35 heavy (non-hydrogen) atoms. The molecule has 0 radical (unpaired) electrons. The van der Waals surface area contributed by atoms with Gasteiger partial charge in [0.1, 0.15) is 11.8 Å². The second-order valence-electron chi connectivity index (χ2n) is 9.08. The molecule has 0 unspecified atom stereocenters. The Morgan fingerprint density at radius 2 is 1.51 bits per heavy atom. The van der Waals surface area contributed by atoms with Gasteiger partial charge in [-0.3, -0.25) is 9.59 Å². The highest BCUT2D eigenvalue weighted by atomic mass is 16.5. The van der Waals surface area contributed by atoms with E-state index in [0.717, 1.165) is 22.4 Å². The third-order valence-corrected chi connectivity index (χ3v) is 5.85. The maximum atomic E-state index is 13.6. The number of aryl methyl sites for hydroxylation is 1. The van der Waals surface area contributed by atoms with E-state index < -0.39 is 6.04 Å². The number of benzene rings is 3. The first-order valence-electron chi connectivity index (χ1n) is 12.3. The molecule has 0 aliphatic heterocycles. The standard InChI is InChI=1S/C30H36N2O3/c1-23(2)31-30(34)28(21-25-14-6-4-7-15-25)32(22-26-16-11-10-13-24(26)3)29(33)19-12-20-35-27-17-8-5-9-18-27/h4-11,13-18,23,28H,12,19-22H2,1-3H3,(H,31,34)/t28-/m0/s1. The van der Waals surface area contributed by atoms with Crippen LogP contribution in [0.2, 0.25) is 0 Å². The first kappa shape index (κ1) is 26.0. The molecule has 0 heterocycles. The monoisotopic (exact) mass is 472 g/mol. The Bertz CT molecular complexity index is 1070. The van der Waals surface area contributed by atoms with Crippen molar-refractivity contribution in [3.8, 4) is 5.75 Å². The van der Waals surface area contributed by atoms with Crippen LogP contribution >= 0.6 is 0 Å². The predicted molar refractivity (Wildman–Crippen MR) is 140 cm³/mol. The number of amides is 2. The highest BCUT2D eigenvalue weighted by Crippen LogP contribution is 2.19. The Balaban J connectivity index is 1.80. The van der Waals surface area contributed by atoms with Gasteiger partial charge in [-0.25, -0.2) is 0 Å². The number of carbonyl (C=O) groups is 2. The average Bonchev–Trinajstić information content (AvgIpc) is 2.85. The highest BCUT2D eigenvalue weighted by Gasteiger charge is 2.30. The van der Waals surface area contributed by atoms with Gasteiger partial charge >= 0.3 is 0 Å². The second kappa shape index (κ2) is 13.3. The lowest BCUT2D eigenvalue weighted by Crippen LogP contribution is -2.51. The molecular weight excluding hydrogens is 436 g/mol. The van der Waals surface area contributed by atoms with Crippen LogP contribution < -0.4 is 10.1 Å². The molecule has 3 aromatic carbocycles. The summed E-state index contributed by atoms with van der Waals surface area (Å²) < 4.78 is 5.78. The van der Waals surface area contributed by atoms with Crippen LogP contribution in [-0.2, 0) is 22.6 Å². The topological polar surface area (TPSA) is 58.6 Å². The van der Waals surface area contributed by atoms with Gasteiger partial charge in [0, 0.05) is 25.4 Å². The van der Waals surface area contributed by atoms with Gasteiger partial charge in [-0.2, -0.15) is 0 Å². The molecule has 0 saturated heterocycles. The molecule has 0 fully saturated rings. The fraction of sp³-hybridized carbons (Fsp3) is 0.333. The number of carbonyl (C=O) groups excluding carboxylic acids is 2. The summed E-state index contributed by atoms with van der Waals surface area (Å²) in [6.07, 6.45) is 1.33. The molecule has 5 heteroatoms. The third-order valence-electron chi connectivity index (χ3n) is 5.85. The van der Waals surface area contributed by atoms with E-state index in [1.807, 2.05) is 106 Å². The molecule has 3 aromatic rings. The number of ether oxygens (including phenoxy) is 1. The fourth-order valence-electron chi connectivity index (χ4n) is 3.98. The van der Waals surface area contributed by atoms with Crippen molar-refractivity contribution in [2.24, 2.45) is 0 Å². The summed E-state index contributed by atoms with van der Waals surface area (Å²) in [7, 11) is 0. The van der Waals surface area contributed by atoms with Gasteiger partial charge in [0.25, 0.3) is 0 Å². The van der Waals surface area contributed by atoms with Gasteiger partial charge in [-0.05, 0) is 56.0 Å². The molecule has 3 rings (SSSR count). The normalized spacial score (nSPS) is 11.7. The number of rotatable bonds is 12. The SMILES string of the molecule is Cc1ccccc1CN(C(=O)CCCOc1ccccc1)[C@@H](Cc1ccccc1)C(=O)NC(C)C. The average molecular weight is 473 g/mol. The zero-order valence-corrected chi connectivity index (χ0v) is 20.9. The van der Waals surface area contributed by atoms with Crippen LogP contribution in [0.4, 0.5) is 0 Å². The predicted octanol–water partition coefficient (Wildman–Crippen LogP) is 5.32. The van der Waals surface area contributed by atoms with Crippen LogP contribution in [0.1, 0.15) is 43.4 Å². The van der Waals surface area contributed by atoms with Gasteiger partial charge in [-0.15, -0.1) is 0 Å². The minimum Gasteiger partial charge on any atom is -0.494 e. The second-order valence-corrected chi connectivity index (χ2v) is 9.08. The van der Waals surface area contributed by atoms with Gasteiger partial charge in [0.05, 0.1) is 6.61 Å². The minimum atomic E-state index is -0.609. The Hall–Kier alpha value is -3.60. The van der Waals surface area contributed by atoms with Crippen LogP contribution in [0, 0.1) is 6.92 Å². The highest BCUT2D eigenvalue weighted by molar-refractivity contribution is 5.88. The van der Waals surface area contributed by atoms with E-state index in [4.69, 9.17) is 4.74 Å². The minimum absolute atomic E-state index is 0.0181. The third kappa shape index (κ3) is 8.29. The van der Waals surface area contributed by atoms with Gasteiger partial charge in [0.15, 0.2) is 0 Å². The summed E-state index contributed by atoms with van der Waals surface area (Å²) in [5.74, 6) is 0.603. The number of nitrogens with one attached hydrogen (secondary N) is 1. The number of para-hydroxylation sites is 1. The molecular formula is C30H36N2O3. The van der Waals surface area contributed by atoms with Gasteiger partial charge in [0.2, 0.25) is 11.8 Å². The molecule has 5 nitrogen and oxygen atoms in total. The van der Waals surface area contributed by atoms with Crippen molar-refractivity contribution < 1.29 is 14.3 Å². The van der Waals surface area contributed by atoms with Crippen molar-refractivity contribution in [2.75, 3.05) is 6.61 Å². The van der Waals surface area contributed by atoms with E-state index in [1.54, 1.807) is 4.90 Å². The molecule has 0 aromatic heterocycles. The molecule has 0 aliphatic rings. The summed E-state index contributed by atoms with van der Waals surface area (Å²) in [6.45, 7) is 6.73. The fourth-order valence-corrected chi connectivity index (χ4v) is 3.98. The van der Waals surface area contributed by atoms with Crippen molar-refractivity contribution >= 4 is 11.8 Å². The first-order chi connectivity index (χ1) is 16.9. The van der Waals surface area contributed by atoms with Crippen LogP contribution in [0.5, 0.6) is 5.75 Å². The molecule has 0 saturated carbocycles. The van der Waals surface area contributed by atoms with E-state index in [0.29, 0.717) is 32.4 Å². The first-order valence-corrected chi connectivity index (χ1v) is 12.3. The lowest BCUT2D eigenvalue weighted by Gasteiger charge is -2.32. The summed E-state index contributed by atoms with van der Waals surface area (Å²) in [5.41, 5.74) is 3.16. The number of hydrogen-bond donors (Lipinski definition) is 1. The van der Waals surface area contributed by atoms with E-state index in [2.05, 4.69) is 5.32 Å². The van der Waals surface area contributed by atoms with Crippen molar-refractivity contribution in [1.82, 2.24) is 10.2 Å². The zero-order valence-electron chi connectivity index (χ0n) is 20.9. The Morgan fingerprint density at radius 3 is 2.17 bits per heavy atom. The van der Waals surface area contributed by atoms with Crippen LogP contribution in [0.15, 0.2) is 84.9 Å². The smallest absolute Gasteiger partial charge is 0.243 e. The van der Waals surface area contributed by atoms with Gasteiger partial charge in [-0.1, -0.05) is 72.8 Å².